The number of hydrogen-bond donors (Lipinski definition) is 3. The summed E-state index contributed by atoms with van der Waals surface area (Å²) >= 11 is 0. The van der Waals surface area contributed by atoms with Gasteiger partial charge in [-0.15, -0.1) is 0 Å². The van der Waals surface area contributed by atoms with Crippen LogP contribution in [0.4, 0.5) is 15.8 Å². The minimum atomic E-state index is -0.550. The molecule has 132 valence electrons. The number of carbonyl (C=O) groups excluding carboxylic acids is 2. The highest BCUT2D eigenvalue weighted by atomic mass is 19.1. The number of hydrogen-bond acceptors (Lipinski definition) is 4. The van der Waals surface area contributed by atoms with Crippen molar-refractivity contribution < 1.29 is 14.0 Å². The summed E-state index contributed by atoms with van der Waals surface area (Å²) in [6.07, 6.45) is 3.63. The lowest BCUT2D eigenvalue weighted by Crippen LogP contribution is -2.28. The number of aryl methyl sites for hydroxylation is 1. The first-order valence-electron chi connectivity index (χ1n) is 8.01. The fourth-order valence-corrected chi connectivity index (χ4v) is 3.06. The molecule has 1 aromatic heterocycles. The molecule has 0 spiro atoms. The number of anilines is 2. The summed E-state index contributed by atoms with van der Waals surface area (Å²) in [6.45, 7) is 2.54. The lowest BCUT2D eigenvalue weighted by Gasteiger charge is -2.17. The second-order valence-corrected chi connectivity index (χ2v) is 6.18. The molecule has 1 aliphatic heterocycles. The normalized spacial score (nSPS) is 19.6. The van der Waals surface area contributed by atoms with Gasteiger partial charge in [-0.25, -0.2) is 4.39 Å². The lowest BCUT2D eigenvalue weighted by atomic mass is 9.90. The first-order chi connectivity index (χ1) is 11.9. The van der Waals surface area contributed by atoms with Crippen molar-refractivity contribution in [3.63, 3.8) is 0 Å². The van der Waals surface area contributed by atoms with Gasteiger partial charge in [0.25, 0.3) is 0 Å². The van der Waals surface area contributed by atoms with Crippen LogP contribution in [0.15, 0.2) is 30.6 Å². The third-order valence-electron chi connectivity index (χ3n) is 4.25. The Bertz CT molecular complexity index is 804. The van der Waals surface area contributed by atoms with Crippen molar-refractivity contribution in [2.75, 3.05) is 23.7 Å². The van der Waals surface area contributed by atoms with Crippen LogP contribution in [0.2, 0.25) is 0 Å². The van der Waals surface area contributed by atoms with Gasteiger partial charge >= 0.3 is 0 Å². The van der Waals surface area contributed by atoms with Crippen LogP contribution < -0.4 is 16.0 Å². The quantitative estimate of drug-likeness (QED) is 0.783. The second-order valence-electron chi connectivity index (χ2n) is 6.18. The fourth-order valence-electron chi connectivity index (χ4n) is 3.06. The summed E-state index contributed by atoms with van der Waals surface area (Å²) in [6, 6.07) is 4.07. The molecular weight excluding hydrogens is 325 g/mol. The van der Waals surface area contributed by atoms with E-state index in [-0.39, 0.29) is 29.3 Å². The number of amides is 2. The predicted octanol–water partition coefficient (Wildman–Crippen LogP) is 1.46. The number of nitrogens with zero attached hydrogens (tertiary/aromatic N) is 2. The topological polar surface area (TPSA) is 88.1 Å². The highest BCUT2D eigenvalue weighted by Gasteiger charge is 2.35. The van der Waals surface area contributed by atoms with E-state index in [4.69, 9.17) is 0 Å². The summed E-state index contributed by atoms with van der Waals surface area (Å²) in [5, 5.41) is 12.6. The van der Waals surface area contributed by atoms with Crippen LogP contribution in [0, 0.1) is 11.7 Å². The van der Waals surface area contributed by atoms with E-state index >= 15 is 0 Å². The Hall–Kier alpha value is -2.74. The molecule has 2 amide bonds. The van der Waals surface area contributed by atoms with Crippen LogP contribution in [-0.4, -0.2) is 34.7 Å². The largest absolute Gasteiger partial charge is 0.326 e. The van der Waals surface area contributed by atoms with Crippen molar-refractivity contribution >= 4 is 23.2 Å². The molecule has 3 rings (SSSR count). The predicted molar refractivity (Wildman–Crippen MR) is 91.6 cm³/mol. The van der Waals surface area contributed by atoms with E-state index in [1.165, 1.54) is 25.1 Å². The van der Waals surface area contributed by atoms with Gasteiger partial charge in [0.1, 0.15) is 5.82 Å². The molecule has 3 N–H and O–H groups in total. The molecule has 2 heterocycles. The molecule has 25 heavy (non-hydrogen) atoms. The van der Waals surface area contributed by atoms with Crippen molar-refractivity contribution in [3.05, 3.63) is 42.0 Å². The molecule has 2 aromatic rings. The van der Waals surface area contributed by atoms with E-state index in [1.807, 2.05) is 13.2 Å². The minimum absolute atomic E-state index is 0.0183. The van der Waals surface area contributed by atoms with Crippen molar-refractivity contribution in [1.29, 1.82) is 0 Å². The molecule has 0 bridgehead atoms. The van der Waals surface area contributed by atoms with E-state index in [2.05, 4.69) is 21.0 Å². The van der Waals surface area contributed by atoms with Crippen LogP contribution in [0.1, 0.15) is 18.4 Å². The first kappa shape index (κ1) is 17.1. The second kappa shape index (κ2) is 7.02. The van der Waals surface area contributed by atoms with Crippen molar-refractivity contribution in [1.82, 2.24) is 15.1 Å². The van der Waals surface area contributed by atoms with Crippen LogP contribution in [-0.2, 0) is 16.6 Å². The fraction of sp³-hybridized carbons (Fsp3) is 0.353. The number of nitrogens with one attached hydrogen (secondary N) is 3. The van der Waals surface area contributed by atoms with Gasteiger partial charge in [-0.05, 0) is 23.8 Å². The molecule has 2 atom stereocenters. The Balaban J connectivity index is 1.76. The number of rotatable bonds is 4. The van der Waals surface area contributed by atoms with Crippen LogP contribution in [0.3, 0.4) is 0 Å². The molecule has 1 saturated heterocycles. The van der Waals surface area contributed by atoms with E-state index < -0.39 is 5.82 Å². The number of benzene rings is 1. The van der Waals surface area contributed by atoms with Gasteiger partial charge in [0.05, 0.1) is 17.8 Å². The summed E-state index contributed by atoms with van der Waals surface area (Å²) < 4.78 is 15.7. The van der Waals surface area contributed by atoms with Gasteiger partial charge in [-0.3, -0.25) is 14.3 Å². The first-order valence-corrected chi connectivity index (χ1v) is 8.01. The molecule has 0 saturated carbocycles. The zero-order chi connectivity index (χ0) is 18.0. The Morgan fingerprint density at radius 1 is 1.32 bits per heavy atom. The Kier molecular flexibility index (Phi) is 4.80. The van der Waals surface area contributed by atoms with Crippen molar-refractivity contribution in [2.24, 2.45) is 13.0 Å². The van der Waals surface area contributed by atoms with Gasteiger partial charge in [-0.2, -0.15) is 5.10 Å². The summed E-state index contributed by atoms with van der Waals surface area (Å²) in [5.41, 5.74) is 1.45. The average Bonchev–Trinajstić information content (AvgIpc) is 3.18. The number of aromatic nitrogens is 2. The Morgan fingerprint density at radius 2 is 2.12 bits per heavy atom. The van der Waals surface area contributed by atoms with Crippen LogP contribution >= 0.6 is 0 Å². The Labute approximate surface area is 144 Å². The summed E-state index contributed by atoms with van der Waals surface area (Å²) in [7, 11) is 1.82. The zero-order valence-electron chi connectivity index (χ0n) is 14.0. The standard InChI is InChI=1S/C17H20FN5O2/c1-10(24)21-12-3-4-15(18)16(5-12)22-17(25)14-8-19-7-13(14)11-6-20-23(2)9-11/h3-6,9,13-14,19H,7-8H2,1-2H3,(H,21,24)(H,22,25)/t13-,14+/m1/s1. The smallest absolute Gasteiger partial charge is 0.229 e. The highest BCUT2D eigenvalue weighted by Crippen LogP contribution is 2.29. The van der Waals surface area contributed by atoms with Gasteiger partial charge in [0.15, 0.2) is 0 Å². The highest BCUT2D eigenvalue weighted by molar-refractivity contribution is 5.95. The molecule has 1 fully saturated rings. The lowest BCUT2D eigenvalue weighted by molar-refractivity contribution is -0.119. The van der Waals surface area contributed by atoms with E-state index in [0.717, 1.165) is 5.56 Å². The number of carbonyl (C=O) groups is 2. The summed E-state index contributed by atoms with van der Waals surface area (Å²) in [5.74, 6) is -1.42. The molecular formula is C17H20FN5O2. The third-order valence-corrected chi connectivity index (χ3v) is 4.25. The van der Waals surface area contributed by atoms with Gasteiger partial charge in [0, 0.05) is 44.9 Å². The van der Waals surface area contributed by atoms with E-state index in [9.17, 15) is 14.0 Å². The van der Waals surface area contributed by atoms with Crippen molar-refractivity contribution in [3.8, 4) is 0 Å². The SMILES string of the molecule is CC(=O)Nc1ccc(F)c(NC(=O)[C@H]2CNC[C@@H]2c2cnn(C)c2)c1. The third kappa shape index (κ3) is 3.85. The maximum Gasteiger partial charge on any atom is 0.229 e. The summed E-state index contributed by atoms with van der Waals surface area (Å²) in [4.78, 5) is 23.8. The van der Waals surface area contributed by atoms with Crippen molar-refractivity contribution in [2.45, 2.75) is 12.8 Å². The molecule has 8 heteroatoms. The van der Waals surface area contributed by atoms with Gasteiger partial charge < -0.3 is 16.0 Å². The average molecular weight is 345 g/mol. The van der Waals surface area contributed by atoms with E-state index in [0.29, 0.717) is 18.8 Å². The van der Waals surface area contributed by atoms with E-state index in [1.54, 1.807) is 10.9 Å². The van der Waals surface area contributed by atoms with Crippen LogP contribution in [0.25, 0.3) is 0 Å². The minimum Gasteiger partial charge on any atom is -0.326 e. The molecule has 0 aliphatic carbocycles. The van der Waals surface area contributed by atoms with Gasteiger partial charge in [-0.1, -0.05) is 0 Å². The van der Waals surface area contributed by atoms with Crippen LogP contribution in [0.5, 0.6) is 0 Å². The monoisotopic (exact) mass is 345 g/mol. The Morgan fingerprint density at radius 3 is 2.80 bits per heavy atom. The molecule has 0 radical (unpaired) electrons. The van der Waals surface area contributed by atoms with Gasteiger partial charge in [0.2, 0.25) is 11.8 Å². The molecule has 0 unspecified atom stereocenters. The maximum absolute atomic E-state index is 14.0. The zero-order valence-corrected chi connectivity index (χ0v) is 14.0. The molecule has 1 aromatic carbocycles. The maximum atomic E-state index is 14.0. The number of halogens is 1. The molecule has 7 nitrogen and oxygen atoms in total. The molecule has 1 aliphatic rings.